The van der Waals surface area contributed by atoms with Crippen LogP contribution in [0.15, 0.2) is 16.0 Å². The molecule has 0 fully saturated rings. The SMILES string of the molecule is Nc1cc(=O)[nH]c(SCC(O)CO)n1. The number of aliphatic hydroxyl groups is 2. The van der Waals surface area contributed by atoms with Gasteiger partial charge in [-0.2, -0.15) is 0 Å². The second-order valence-electron chi connectivity index (χ2n) is 2.62. The Morgan fingerprint density at radius 1 is 1.71 bits per heavy atom. The van der Waals surface area contributed by atoms with Crippen molar-refractivity contribution in [3.05, 3.63) is 16.4 Å². The average Bonchev–Trinajstić information content (AvgIpc) is 2.12. The topological polar surface area (TPSA) is 112 Å². The Balaban J connectivity index is 2.63. The number of thioether (sulfide) groups is 1. The second-order valence-corrected chi connectivity index (χ2v) is 3.63. The van der Waals surface area contributed by atoms with Crippen LogP contribution in [0.2, 0.25) is 0 Å². The minimum atomic E-state index is -0.827. The smallest absolute Gasteiger partial charge is 0.253 e. The molecule has 14 heavy (non-hydrogen) atoms. The second kappa shape index (κ2) is 4.99. The summed E-state index contributed by atoms with van der Waals surface area (Å²) < 4.78 is 0. The number of nitrogens with one attached hydrogen (secondary N) is 1. The molecular formula is C7H11N3O3S. The molecule has 0 saturated heterocycles. The zero-order chi connectivity index (χ0) is 10.6. The normalized spacial score (nSPS) is 12.7. The van der Waals surface area contributed by atoms with Gasteiger partial charge in [-0.05, 0) is 0 Å². The van der Waals surface area contributed by atoms with E-state index in [2.05, 4.69) is 9.97 Å². The molecule has 1 heterocycles. The highest BCUT2D eigenvalue weighted by molar-refractivity contribution is 7.99. The maximum Gasteiger partial charge on any atom is 0.253 e. The first-order chi connectivity index (χ1) is 6.61. The highest BCUT2D eigenvalue weighted by Gasteiger charge is 2.05. The van der Waals surface area contributed by atoms with E-state index in [1.54, 1.807) is 0 Å². The van der Waals surface area contributed by atoms with E-state index in [1.165, 1.54) is 6.07 Å². The third-order valence-electron chi connectivity index (χ3n) is 1.36. The highest BCUT2D eigenvalue weighted by atomic mass is 32.2. The third-order valence-corrected chi connectivity index (χ3v) is 2.38. The Labute approximate surface area is 84.2 Å². The average molecular weight is 217 g/mol. The molecule has 1 aromatic rings. The lowest BCUT2D eigenvalue weighted by molar-refractivity contribution is 0.113. The van der Waals surface area contributed by atoms with Gasteiger partial charge in [0.1, 0.15) is 5.82 Å². The molecule has 0 amide bonds. The van der Waals surface area contributed by atoms with Crippen molar-refractivity contribution in [3.8, 4) is 0 Å². The molecule has 0 bridgehead atoms. The fraction of sp³-hybridized carbons (Fsp3) is 0.429. The lowest BCUT2D eigenvalue weighted by Gasteiger charge is -2.05. The summed E-state index contributed by atoms with van der Waals surface area (Å²) in [5.41, 5.74) is 5.01. The summed E-state index contributed by atoms with van der Waals surface area (Å²) in [4.78, 5) is 17.2. The van der Waals surface area contributed by atoms with Crippen LogP contribution >= 0.6 is 11.8 Å². The van der Waals surface area contributed by atoms with E-state index in [9.17, 15) is 4.79 Å². The summed E-state index contributed by atoms with van der Waals surface area (Å²) in [6.07, 6.45) is -0.827. The van der Waals surface area contributed by atoms with E-state index in [0.29, 0.717) is 5.16 Å². The molecule has 1 aromatic heterocycles. The van der Waals surface area contributed by atoms with Crippen LogP contribution in [0.5, 0.6) is 0 Å². The summed E-state index contributed by atoms with van der Waals surface area (Å²) >= 11 is 1.12. The molecule has 6 nitrogen and oxygen atoms in total. The summed E-state index contributed by atoms with van der Waals surface area (Å²) in [7, 11) is 0. The molecule has 0 aliphatic rings. The van der Waals surface area contributed by atoms with Crippen LogP contribution in [0, 0.1) is 0 Å². The van der Waals surface area contributed by atoms with Crippen molar-refractivity contribution in [3.63, 3.8) is 0 Å². The molecular weight excluding hydrogens is 206 g/mol. The molecule has 0 aliphatic carbocycles. The Bertz CT molecular complexity index is 354. The number of nitrogens with two attached hydrogens (primary N) is 1. The number of rotatable bonds is 4. The van der Waals surface area contributed by atoms with Gasteiger partial charge in [0.2, 0.25) is 0 Å². The van der Waals surface area contributed by atoms with Crippen molar-refractivity contribution in [2.45, 2.75) is 11.3 Å². The summed E-state index contributed by atoms with van der Waals surface area (Å²) in [5.74, 6) is 0.387. The highest BCUT2D eigenvalue weighted by Crippen LogP contribution is 2.12. The predicted molar refractivity (Wildman–Crippen MR) is 53.1 cm³/mol. The maximum atomic E-state index is 10.9. The zero-order valence-corrected chi connectivity index (χ0v) is 8.12. The monoisotopic (exact) mass is 217 g/mol. The van der Waals surface area contributed by atoms with Crippen LogP contribution in [0.25, 0.3) is 0 Å². The van der Waals surface area contributed by atoms with Crippen LogP contribution in [0.1, 0.15) is 0 Å². The van der Waals surface area contributed by atoms with E-state index in [4.69, 9.17) is 15.9 Å². The van der Waals surface area contributed by atoms with E-state index in [-0.39, 0.29) is 23.7 Å². The van der Waals surface area contributed by atoms with Gasteiger partial charge < -0.3 is 20.9 Å². The van der Waals surface area contributed by atoms with Gasteiger partial charge in [0.25, 0.3) is 5.56 Å². The lowest BCUT2D eigenvalue weighted by atomic mass is 10.4. The molecule has 7 heteroatoms. The number of nitrogen functional groups attached to an aromatic ring is 1. The zero-order valence-electron chi connectivity index (χ0n) is 7.30. The Morgan fingerprint density at radius 2 is 2.43 bits per heavy atom. The fourth-order valence-electron chi connectivity index (χ4n) is 0.749. The third kappa shape index (κ3) is 3.36. The van der Waals surface area contributed by atoms with Gasteiger partial charge in [0.15, 0.2) is 5.16 Å². The van der Waals surface area contributed by atoms with Gasteiger partial charge in [-0.25, -0.2) is 4.98 Å². The fourth-order valence-corrected chi connectivity index (χ4v) is 1.55. The quantitative estimate of drug-likeness (QED) is 0.372. The van der Waals surface area contributed by atoms with Crippen molar-refractivity contribution in [1.29, 1.82) is 0 Å². The molecule has 0 saturated carbocycles. The first-order valence-electron chi connectivity index (χ1n) is 3.90. The molecule has 5 N–H and O–H groups in total. The molecule has 0 aliphatic heterocycles. The minimum absolute atomic E-state index is 0.134. The summed E-state index contributed by atoms with van der Waals surface area (Å²) in [5, 5.41) is 17.9. The first kappa shape index (κ1) is 11.0. The molecule has 1 atom stereocenters. The van der Waals surface area contributed by atoms with Gasteiger partial charge in [-0.15, -0.1) is 0 Å². The molecule has 0 spiro atoms. The number of aliphatic hydroxyl groups excluding tert-OH is 2. The Morgan fingerprint density at radius 3 is 3.00 bits per heavy atom. The van der Waals surface area contributed by atoms with Crippen LogP contribution in [0.3, 0.4) is 0 Å². The van der Waals surface area contributed by atoms with Crippen LogP contribution in [-0.2, 0) is 0 Å². The Kier molecular flexibility index (Phi) is 3.93. The Hall–Kier alpha value is -1.05. The molecule has 0 radical (unpaired) electrons. The van der Waals surface area contributed by atoms with Gasteiger partial charge in [0.05, 0.1) is 12.7 Å². The van der Waals surface area contributed by atoms with Crippen molar-refractivity contribution >= 4 is 17.6 Å². The molecule has 0 aromatic carbocycles. The van der Waals surface area contributed by atoms with Crippen molar-refractivity contribution in [2.24, 2.45) is 0 Å². The van der Waals surface area contributed by atoms with Crippen LogP contribution in [0.4, 0.5) is 5.82 Å². The number of nitrogens with zero attached hydrogens (tertiary/aromatic N) is 1. The number of anilines is 1. The van der Waals surface area contributed by atoms with Gasteiger partial charge in [0, 0.05) is 11.8 Å². The van der Waals surface area contributed by atoms with Crippen LogP contribution in [-0.4, -0.2) is 38.6 Å². The van der Waals surface area contributed by atoms with Crippen LogP contribution < -0.4 is 11.3 Å². The minimum Gasteiger partial charge on any atom is -0.394 e. The van der Waals surface area contributed by atoms with E-state index < -0.39 is 6.10 Å². The largest absolute Gasteiger partial charge is 0.394 e. The number of H-pyrrole nitrogens is 1. The number of aromatic amines is 1. The van der Waals surface area contributed by atoms with Gasteiger partial charge in [-0.3, -0.25) is 4.79 Å². The van der Waals surface area contributed by atoms with E-state index in [1.807, 2.05) is 0 Å². The summed E-state index contributed by atoms with van der Waals surface area (Å²) in [6, 6.07) is 1.17. The van der Waals surface area contributed by atoms with Crippen molar-refractivity contribution < 1.29 is 10.2 Å². The number of aromatic nitrogens is 2. The number of hydrogen-bond donors (Lipinski definition) is 4. The van der Waals surface area contributed by atoms with Gasteiger partial charge in [-0.1, -0.05) is 11.8 Å². The van der Waals surface area contributed by atoms with Crippen molar-refractivity contribution in [2.75, 3.05) is 18.1 Å². The first-order valence-corrected chi connectivity index (χ1v) is 4.89. The van der Waals surface area contributed by atoms with E-state index in [0.717, 1.165) is 11.8 Å². The summed E-state index contributed by atoms with van der Waals surface area (Å²) in [6.45, 7) is -0.320. The molecule has 1 unspecified atom stereocenters. The van der Waals surface area contributed by atoms with E-state index >= 15 is 0 Å². The number of hydrogen-bond acceptors (Lipinski definition) is 6. The standard InChI is InChI=1S/C7H11N3O3S/c8-5-1-6(13)10-7(9-5)14-3-4(12)2-11/h1,4,11-12H,2-3H2,(H3,8,9,10,13). The molecule has 78 valence electrons. The van der Waals surface area contributed by atoms with Gasteiger partial charge >= 0.3 is 0 Å². The lowest BCUT2D eigenvalue weighted by Crippen LogP contribution is -2.16. The predicted octanol–water partition coefficient (Wildman–Crippen LogP) is -1.20. The molecule has 1 rings (SSSR count). The van der Waals surface area contributed by atoms with Crippen molar-refractivity contribution in [1.82, 2.24) is 9.97 Å². The maximum absolute atomic E-state index is 10.9.